The maximum absolute atomic E-state index is 13.4. The van der Waals surface area contributed by atoms with Crippen molar-refractivity contribution in [3.8, 4) is 0 Å². The lowest BCUT2D eigenvalue weighted by Crippen LogP contribution is -2.66. The molecule has 3 heterocycles. The van der Waals surface area contributed by atoms with E-state index in [1.807, 2.05) is 6.08 Å². The molecule has 17 atom stereocenters. The molecule has 0 spiro atoms. The van der Waals surface area contributed by atoms with Gasteiger partial charge in [0.15, 0.2) is 18.9 Å². The molecule has 0 aromatic heterocycles. The van der Waals surface area contributed by atoms with Gasteiger partial charge in [0.2, 0.25) is 5.91 Å². The van der Waals surface area contributed by atoms with Gasteiger partial charge in [-0.25, -0.2) is 0 Å². The van der Waals surface area contributed by atoms with Crippen LogP contribution in [0.5, 0.6) is 0 Å². The third kappa shape index (κ3) is 31.0. The van der Waals surface area contributed by atoms with Gasteiger partial charge in [-0.05, 0) is 83.5 Å². The summed E-state index contributed by atoms with van der Waals surface area (Å²) in [5.74, 6) is -0.295. The van der Waals surface area contributed by atoms with Crippen LogP contribution in [0.1, 0.15) is 206 Å². The quantitative estimate of drug-likeness (QED) is 0.0209. The van der Waals surface area contributed by atoms with Crippen molar-refractivity contribution in [2.24, 2.45) is 0 Å². The summed E-state index contributed by atoms with van der Waals surface area (Å²) in [6.07, 6.45) is 31.7. The molecule has 3 aliphatic heterocycles. The summed E-state index contributed by atoms with van der Waals surface area (Å²) in [5.41, 5.74) is 0. The van der Waals surface area contributed by atoms with E-state index in [1.54, 1.807) is 6.08 Å². The fourth-order valence-corrected chi connectivity index (χ4v) is 10.6. The molecule has 3 aliphatic rings. The molecule has 0 saturated carbocycles. The van der Waals surface area contributed by atoms with E-state index in [1.165, 1.54) is 103 Å². The standard InChI is InChI=1S/C66H115NO18/c1-3-5-7-9-11-13-15-17-18-19-20-21-22-23-24-25-26-27-28-29-30-32-34-36-38-40-42-44-54(72)67-49(50(71)43-41-39-37-35-33-31-16-14-12-10-8-6-4-2)48-80-64-60(78)57(75)62(52(46-69)82-64)85-66-61(79)58(76)63(53(47-70)83-66)84-65-59(77)56(74)55(73)51(45-68)81-65/h12,14-15,17,19-20,22-23,33,35,41,43,49-53,55-66,68-71,73-79H,3-11,13,16,18,21,24-32,34,36-40,42,44-48H2,1-2H3,(H,67,72)/b14-12+,17-15-,20-19-,23-22-,35-33+,43-41+. The average molecular weight is 1210 g/mol. The second-order valence-corrected chi connectivity index (χ2v) is 23.2. The summed E-state index contributed by atoms with van der Waals surface area (Å²) < 4.78 is 34.2. The van der Waals surface area contributed by atoms with Gasteiger partial charge in [-0.3, -0.25) is 4.79 Å². The molecule has 12 N–H and O–H groups in total. The first-order valence-corrected chi connectivity index (χ1v) is 32.7. The van der Waals surface area contributed by atoms with Crippen molar-refractivity contribution in [2.75, 3.05) is 26.4 Å². The zero-order valence-electron chi connectivity index (χ0n) is 51.6. The number of carbonyl (C=O) groups excluding carboxylic acids is 1. The smallest absolute Gasteiger partial charge is 0.220 e. The molecule has 3 rings (SSSR count). The van der Waals surface area contributed by atoms with Gasteiger partial charge >= 0.3 is 0 Å². The molecule has 19 heteroatoms. The number of carbonyl (C=O) groups is 1. The Morgan fingerprint density at radius 3 is 1.28 bits per heavy atom. The van der Waals surface area contributed by atoms with Crippen LogP contribution in [0.15, 0.2) is 72.9 Å². The Hall–Kier alpha value is -2.77. The number of aliphatic hydroxyl groups is 11. The van der Waals surface area contributed by atoms with Crippen LogP contribution >= 0.6 is 0 Å². The summed E-state index contributed by atoms with van der Waals surface area (Å²) >= 11 is 0. The molecular formula is C66H115NO18. The highest BCUT2D eigenvalue weighted by atomic mass is 16.8. The Bertz CT molecular complexity index is 1830. The number of rotatable bonds is 48. The van der Waals surface area contributed by atoms with Gasteiger partial charge in [0, 0.05) is 6.42 Å². The fraction of sp³-hybridized carbons (Fsp3) is 0.803. The minimum atomic E-state index is -1.98. The van der Waals surface area contributed by atoms with Crippen LogP contribution in [0.3, 0.4) is 0 Å². The minimum absolute atomic E-state index is 0.226. The van der Waals surface area contributed by atoms with Gasteiger partial charge in [-0.15, -0.1) is 0 Å². The molecule has 0 bridgehead atoms. The van der Waals surface area contributed by atoms with Crippen molar-refractivity contribution < 1.29 is 89.4 Å². The second kappa shape index (κ2) is 48.1. The Balaban J connectivity index is 1.43. The zero-order chi connectivity index (χ0) is 61.9. The number of nitrogens with one attached hydrogen (secondary N) is 1. The SMILES string of the molecule is CCCCC/C=C/CC/C=C/CC/C=C/C(O)C(COC1OC(CO)C(OC2OC(CO)C(OC3OC(CO)C(O)C(O)C3O)C(O)C2O)C(O)C1O)NC(=O)CCCCCCCCCCCCCC/C=C\C/C=C\C/C=C\CCCCCCC. The van der Waals surface area contributed by atoms with Crippen LogP contribution in [-0.2, 0) is 33.2 Å². The Kier molecular flexibility index (Phi) is 43.3. The van der Waals surface area contributed by atoms with E-state index < -0.39 is 124 Å². The Morgan fingerprint density at radius 2 is 0.788 bits per heavy atom. The van der Waals surface area contributed by atoms with Gasteiger partial charge < -0.3 is 89.9 Å². The highest BCUT2D eigenvalue weighted by Crippen LogP contribution is 2.33. The molecule has 3 saturated heterocycles. The average Bonchev–Trinajstić information content (AvgIpc) is 3.07. The highest BCUT2D eigenvalue weighted by molar-refractivity contribution is 5.76. The molecule has 1 amide bonds. The molecule has 0 radical (unpaired) electrons. The number of hydrogen-bond acceptors (Lipinski definition) is 18. The number of unbranched alkanes of at least 4 members (excludes halogenated alkanes) is 22. The topological polar surface area (TPSA) is 307 Å². The molecule has 19 nitrogen and oxygen atoms in total. The van der Waals surface area contributed by atoms with Gasteiger partial charge in [0.25, 0.3) is 0 Å². The van der Waals surface area contributed by atoms with E-state index in [9.17, 15) is 61.0 Å². The molecule has 85 heavy (non-hydrogen) atoms. The number of allylic oxidation sites excluding steroid dienone is 11. The third-order valence-corrected chi connectivity index (χ3v) is 16.0. The summed E-state index contributed by atoms with van der Waals surface area (Å²) in [6.45, 7) is 1.64. The van der Waals surface area contributed by atoms with Gasteiger partial charge in [-0.2, -0.15) is 0 Å². The Labute approximate surface area is 508 Å². The Morgan fingerprint density at radius 1 is 0.424 bits per heavy atom. The van der Waals surface area contributed by atoms with Crippen LogP contribution in [-0.4, -0.2) is 193 Å². The van der Waals surface area contributed by atoms with Crippen molar-refractivity contribution in [1.82, 2.24) is 5.32 Å². The summed E-state index contributed by atoms with van der Waals surface area (Å²) in [4.78, 5) is 13.4. The molecular weight excluding hydrogens is 1090 g/mol. The minimum Gasteiger partial charge on any atom is -0.394 e. The largest absolute Gasteiger partial charge is 0.394 e. The van der Waals surface area contributed by atoms with Crippen LogP contribution < -0.4 is 5.32 Å². The third-order valence-electron chi connectivity index (χ3n) is 16.0. The van der Waals surface area contributed by atoms with Gasteiger partial charge in [-0.1, -0.05) is 189 Å². The first-order valence-electron chi connectivity index (χ1n) is 32.7. The maximum Gasteiger partial charge on any atom is 0.220 e. The van der Waals surface area contributed by atoms with E-state index in [0.29, 0.717) is 12.8 Å². The predicted octanol–water partition coefficient (Wildman–Crippen LogP) is 7.38. The second-order valence-electron chi connectivity index (χ2n) is 23.2. The number of aliphatic hydroxyl groups excluding tert-OH is 11. The van der Waals surface area contributed by atoms with Crippen molar-refractivity contribution in [3.05, 3.63) is 72.9 Å². The molecule has 17 unspecified atom stereocenters. The molecule has 0 aromatic rings. The number of ether oxygens (including phenoxy) is 6. The molecule has 492 valence electrons. The highest BCUT2D eigenvalue weighted by Gasteiger charge is 2.53. The fourth-order valence-electron chi connectivity index (χ4n) is 10.6. The van der Waals surface area contributed by atoms with E-state index in [-0.39, 0.29) is 18.9 Å². The number of hydrogen-bond donors (Lipinski definition) is 12. The predicted molar refractivity (Wildman–Crippen MR) is 328 cm³/mol. The van der Waals surface area contributed by atoms with Crippen molar-refractivity contribution in [3.63, 3.8) is 0 Å². The lowest BCUT2D eigenvalue weighted by atomic mass is 9.96. The van der Waals surface area contributed by atoms with Crippen LogP contribution in [0.4, 0.5) is 0 Å². The molecule has 0 aliphatic carbocycles. The number of amides is 1. The zero-order valence-corrected chi connectivity index (χ0v) is 51.6. The van der Waals surface area contributed by atoms with E-state index in [4.69, 9.17) is 28.4 Å². The summed E-state index contributed by atoms with van der Waals surface area (Å²) in [6, 6.07) is -1.000. The summed E-state index contributed by atoms with van der Waals surface area (Å²) in [5, 5.41) is 120. The monoisotopic (exact) mass is 1210 g/mol. The van der Waals surface area contributed by atoms with Crippen molar-refractivity contribution >= 4 is 5.91 Å². The molecule has 3 fully saturated rings. The molecule has 0 aromatic carbocycles. The van der Waals surface area contributed by atoms with Crippen LogP contribution in [0.2, 0.25) is 0 Å². The van der Waals surface area contributed by atoms with E-state index in [2.05, 4.69) is 79.9 Å². The van der Waals surface area contributed by atoms with Crippen molar-refractivity contribution in [2.45, 2.75) is 311 Å². The van der Waals surface area contributed by atoms with Crippen molar-refractivity contribution in [1.29, 1.82) is 0 Å². The van der Waals surface area contributed by atoms with E-state index in [0.717, 1.165) is 70.6 Å². The maximum atomic E-state index is 13.4. The van der Waals surface area contributed by atoms with Crippen LogP contribution in [0.25, 0.3) is 0 Å². The lowest BCUT2D eigenvalue weighted by Gasteiger charge is -2.48. The first kappa shape index (κ1) is 76.5. The first-order chi connectivity index (χ1) is 41.3. The summed E-state index contributed by atoms with van der Waals surface area (Å²) in [7, 11) is 0. The lowest BCUT2D eigenvalue weighted by molar-refractivity contribution is -0.379. The van der Waals surface area contributed by atoms with Crippen LogP contribution in [0, 0.1) is 0 Å². The van der Waals surface area contributed by atoms with E-state index >= 15 is 0 Å². The van der Waals surface area contributed by atoms with Gasteiger partial charge in [0.05, 0.1) is 38.6 Å². The van der Waals surface area contributed by atoms with Gasteiger partial charge in [0.1, 0.15) is 73.2 Å². The normalized spacial score (nSPS) is 29.4.